The summed E-state index contributed by atoms with van der Waals surface area (Å²) in [6.45, 7) is 8.15. The van der Waals surface area contributed by atoms with Gasteiger partial charge in [-0.1, -0.05) is 0 Å². The third-order valence-electron chi connectivity index (χ3n) is 8.13. The van der Waals surface area contributed by atoms with Gasteiger partial charge in [0.05, 0.1) is 12.0 Å². The molecule has 0 aliphatic heterocycles. The van der Waals surface area contributed by atoms with E-state index in [0.29, 0.717) is 23.1 Å². The number of pyridine rings is 1. The predicted molar refractivity (Wildman–Crippen MR) is 154 cm³/mol. The second-order valence-corrected chi connectivity index (χ2v) is 11.2. The van der Waals surface area contributed by atoms with Crippen LogP contribution in [0.15, 0.2) is 35.5 Å². The van der Waals surface area contributed by atoms with Crippen molar-refractivity contribution < 1.29 is 4.79 Å². The van der Waals surface area contributed by atoms with Crippen LogP contribution in [-0.2, 0) is 13.6 Å². The number of nitrogens with one attached hydrogen (secondary N) is 3. The summed E-state index contributed by atoms with van der Waals surface area (Å²) in [7, 11) is 6.27. The van der Waals surface area contributed by atoms with Gasteiger partial charge in [0.2, 0.25) is 0 Å². The van der Waals surface area contributed by atoms with E-state index in [1.165, 1.54) is 25.7 Å². The van der Waals surface area contributed by atoms with E-state index in [-0.39, 0.29) is 24.1 Å². The molecule has 2 heterocycles. The highest BCUT2D eigenvalue weighted by molar-refractivity contribution is 5.98. The average Bonchev–Trinajstić information content (AvgIpc) is 3.30. The Labute approximate surface area is 225 Å². The van der Waals surface area contributed by atoms with E-state index in [2.05, 4.69) is 52.6 Å². The number of hydrogen-bond donors (Lipinski definition) is 3. The number of benzene rings is 1. The normalized spacial score (nSPS) is 18.4. The van der Waals surface area contributed by atoms with Gasteiger partial charge in [0.15, 0.2) is 0 Å². The molecule has 0 spiro atoms. The predicted octanol–water partition coefficient (Wildman–Crippen LogP) is 4.55. The lowest BCUT2D eigenvalue weighted by atomic mass is 9.81. The van der Waals surface area contributed by atoms with Gasteiger partial charge in [-0.25, -0.2) is 4.98 Å². The molecule has 8 nitrogen and oxygen atoms in total. The highest BCUT2D eigenvalue weighted by Crippen LogP contribution is 2.33. The van der Waals surface area contributed by atoms with Crippen molar-refractivity contribution in [2.75, 3.05) is 19.4 Å². The van der Waals surface area contributed by atoms with Crippen LogP contribution in [0.2, 0.25) is 0 Å². The summed E-state index contributed by atoms with van der Waals surface area (Å²) in [4.78, 5) is 35.6. The summed E-state index contributed by atoms with van der Waals surface area (Å²) in [6.07, 6.45) is 8.52. The average molecular weight is 519 g/mol. The number of nitrogens with zero attached hydrogens (tertiary/aromatic N) is 3. The number of imidazole rings is 1. The molecule has 1 aromatic carbocycles. The third kappa shape index (κ3) is 6.18. The van der Waals surface area contributed by atoms with Crippen molar-refractivity contribution in [3.05, 3.63) is 69.0 Å². The van der Waals surface area contributed by atoms with Gasteiger partial charge in [-0.2, -0.15) is 0 Å². The Balaban J connectivity index is 1.59. The van der Waals surface area contributed by atoms with Gasteiger partial charge in [-0.15, -0.1) is 0 Å². The lowest BCUT2D eigenvalue weighted by Crippen LogP contribution is -2.36. The van der Waals surface area contributed by atoms with Gasteiger partial charge in [-0.05, 0) is 103 Å². The molecule has 0 bridgehead atoms. The Morgan fingerprint density at radius 1 is 1.16 bits per heavy atom. The lowest BCUT2D eigenvalue weighted by molar-refractivity contribution is 0.0950. The fraction of sp³-hybridized carbons (Fsp3) is 0.500. The van der Waals surface area contributed by atoms with Crippen molar-refractivity contribution in [2.24, 2.45) is 13.0 Å². The maximum atomic E-state index is 13.5. The van der Waals surface area contributed by atoms with Crippen molar-refractivity contribution in [1.29, 1.82) is 0 Å². The molecule has 0 radical (unpaired) electrons. The highest BCUT2D eigenvalue weighted by atomic mass is 16.1. The minimum atomic E-state index is -0.207. The Morgan fingerprint density at radius 3 is 2.47 bits per heavy atom. The van der Waals surface area contributed by atoms with Crippen LogP contribution in [-0.4, -0.2) is 51.5 Å². The molecule has 1 aliphatic rings. The second kappa shape index (κ2) is 11.6. The van der Waals surface area contributed by atoms with Gasteiger partial charge < -0.3 is 25.1 Å². The molecule has 1 aliphatic carbocycles. The molecule has 204 valence electrons. The van der Waals surface area contributed by atoms with Crippen LogP contribution in [0.5, 0.6) is 0 Å². The molecule has 3 aromatic rings. The summed E-state index contributed by atoms with van der Waals surface area (Å²) in [5.41, 5.74) is 6.21. The molecule has 1 atom stereocenters. The van der Waals surface area contributed by atoms with Crippen molar-refractivity contribution in [1.82, 2.24) is 24.8 Å². The van der Waals surface area contributed by atoms with Gasteiger partial charge in [-0.3, -0.25) is 9.59 Å². The van der Waals surface area contributed by atoms with Crippen molar-refractivity contribution in [2.45, 2.75) is 72.0 Å². The number of aromatic nitrogens is 3. The van der Waals surface area contributed by atoms with E-state index in [1.807, 2.05) is 50.7 Å². The molecular weight excluding hydrogens is 476 g/mol. The van der Waals surface area contributed by atoms with E-state index < -0.39 is 0 Å². The van der Waals surface area contributed by atoms with E-state index in [4.69, 9.17) is 0 Å². The quantitative estimate of drug-likeness (QED) is 0.407. The SMILES string of the molecule is Cc1cc(C)c(CNC(=O)c2cc(-c3cn(C)cn3)cc(NC(C)C3CCC(N(C)C)CC3)c2C)c(=O)[nH]1. The van der Waals surface area contributed by atoms with E-state index in [9.17, 15) is 9.59 Å². The second-order valence-electron chi connectivity index (χ2n) is 11.2. The van der Waals surface area contributed by atoms with E-state index in [0.717, 1.165) is 33.8 Å². The minimum Gasteiger partial charge on any atom is -0.382 e. The molecule has 8 heteroatoms. The molecule has 3 N–H and O–H groups in total. The maximum absolute atomic E-state index is 13.5. The minimum absolute atomic E-state index is 0.165. The molecule has 1 fully saturated rings. The fourth-order valence-electron chi connectivity index (χ4n) is 5.66. The fourth-order valence-corrected chi connectivity index (χ4v) is 5.66. The number of amides is 1. The molecule has 2 aromatic heterocycles. The monoisotopic (exact) mass is 518 g/mol. The summed E-state index contributed by atoms with van der Waals surface area (Å²) >= 11 is 0. The first-order valence-electron chi connectivity index (χ1n) is 13.6. The number of carbonyl (C=O) groups is 1. The van der Waals surface area contributed by atoms with Crippen molar-refractivity contribution in [3.8, 4) is 11.3 Å². The van der Waals surface area contributed by atoms with Crippen molar-refractivity contribution >= 4 is 11.6 Å². The zero-order valence-corrected chi connectivity index (χ0v) is 23.8. The number of hydrogen-bond acceptors (Lipinski definition) is 5. The van der Waals surface area contributed by atoms with Crippen LogP contribution in [0.1, 0.15) is 65.3 Å². The van der Waals surface area contributed by atoms with Crippen LogP contribution < -0.4 is 16.2 Å². The Kier molecular flexibility index (Phi) is 8.41. The summed E-state index contributed by atoms with van der Waals surface area (Å²) in [5.74, 6) is 0.375. The number of carbonyl (C=O) groups excluding carboxylic acids is 1. The number of aryl methyl sites for hydroxylation is 3. The number of anilines is 1. The zero-order chi connectivity index (χ0) is 27.6. The maximum Gasteiger partial charge on any atom is 0.253 e. The molecule has 4 rings (SSSR count). The smallest absolute Gasteiger partial charge is 0.253 e. The van der Waals surface area contributed by atoms with Crippen LogP contribution in [0, 0.1) is 26.7 Å². The Hall–Kier alpha value is -3.39. The largest absolute Gasteiger partial charge is 0.382 e. The standard InChI is InChI=1S/C30H42N6O2/c1-18-12-19(2)33-30(38)26(18)15-31-29(37)25-13-23(28-16-36(7)17-32-28)14-27(20(25)3)34-21(4)22-8-10-24(11-9-22)35(5)6/h12-14,16-17,21-22,24,34H,8-11,15H2,1-7H3,(H,31,37)(H,33,38). The molecule has 1 saturated carbocycles. The Morgan fingerprint density at radius 2 is 1.87 bits per heavy atom. The molecule has 1 unspecified atom stereocenters. The molecule has 0 saturated heterocycles. The summed E-state index contributed by atoms with van der Waals surface area (Å²) in [6, 6.07) is 6.86. The first-order chi connectivity index (χ1) is 18.0. The van der Waals surface area contributed by atoms with E-state index in [1.54, 1.807) is 6.33 Å². The lowest BCUT2D eigenvalue weighted by Gasteiger charge is -2.36. The van der Waals surface area contributed by atoms with Crippen LogP contribution in [0.3, 0.4) is 0 Å². The van der Waals surface area contributed by atoms with Crippen LogP contribution >= 0.6 is 0 Å². The summed E-state index contributed by atoms with van der Waals surface area (Å²) in [5, 5.41) is 6.73. The van der Waals surface area contributed by atoms with Crippen molar-refractivity contribution in [3.63, 3.8) is 0 Å². The molecule has 1 amide bonds. The zero-order valence-electron chi connectivity index (χ0n) is 23.8. The topological polar surface area (TPSA) is 95.1 Å². The number of H-pyrrole nitrogens is 1. The highest BCUT2D eigenvalue weighted by Gasteiger charge is 2.27. The molecular formula is C30H42N6O2. The van der Waals surface area contributed by atoms with Gasteiger partial charge in [0.1, 0.15) is 0 Å². The van der Waals surface area contributed by atoms with E-state index >= 15 is 0 Å². The van der Waals surface area contributed by atoms with Crippen LogP contribution in [0.25, 0.3) is 11.3 Å². The summed E-state index contributed by atoms with van der Waals surface area (Å²) < 4.78 is 1.90. The van der Waals surface area contributed by atoms with Crippen LogP contribution in [0.4, 0.5) is 5.69 Å². The molecule has 38 heavy (non-hydrogen) atoms. The number of aromatic amines is 1. The number of rotatable bonds is 8. The third-order valence-corrected chi connectivity index (χ3v) is 8.13. The van der Waals surface area contributed by atoms with Gasteiger partial charge >= 0.3 is 0 Å². The Bertz CT molecular complexity index is 1350. The first-order valence-corrected chi connectivity index (χ1v) is 13.6. The first kappa shape index (κ1) is 27.6. The van der Waals surface area contributed by atoms with Gasteiger partial charge in [0, 0.05) is 59.9 Å². The van der Waals surface area contributed by atoms with Gasteiger partial charge in [0.25, 0.3) is 11.5 Å².